The van der Waals surface area contributed by atoms with E-state index in [-0.39, 0.29) is 11.2 Å². The standard InChI is InChI=1S/C15H23NO/c1-11-6-7-14(15(3,4)5)8-13(11)10-16-9-12(2)17/h6-8,16H,9-10H2,1-5H3. The Morgan fingerprint density at radius 3 is 2.47 bits per heavy atom. The number of hydrogen-bond donors (Lipinski definition) is 1. The minimum absolute atomic E-state index is 0.170. The van der Waals surface area contributed by atoms with E-state index >= 15 is 0 Å². The number of aryl methyl sites for hydroxylation is 1. The van der Waals surface area contributed by atoms with E-state index in [1.165, 1.54) is 16.7 Å². The van der Waals surface area contributed by atoms with Crippen molar-refractivity contribution >= 4 is 5.78 Å². The summed E-state index contributed by atoms with van der Waals surface area (Å²) in [7, 11) is 0. The van der Waals surface area contributed by atoms with Crippen LogP contribution in [-0.4, -0.2) is 12.3 Å². The number of nitrogens with one attached hydrogen (secondary N) is 1. The summed E-state index contributed by atoms with van der Waals surface area (Å²) in [5.74, 6) is 0.176. The molecule has 1 N–H and O–H groups in total. The molecular formula is C15H23NO. The van der Waals surface area contributed by atoms with E-state index < -0.39 is 0 Å². The van der Waals surface area contributed by atoms with Gasteiger partial charge >= 0.3 is 0 Å². The monoisotopic (exact) mass is 233 g/mol. The van der Waals surface area contributed by atoms with Crippen LogP contribution in [0, 0.1) is 6.92 Å². The maximum atomic E-state index is 10.9. The molecule has 1 rings (SSSR count). The fourth-order valence-electron chi connectivity index (χ4n) is 1.70. The van der Waals surface area contributed by atoms with Gasteiger partial charge in [0.1, 0.15) is 5.78 Å². The predicted octanol–water partition coefficient (Wildman–Crippen LogP) is 2.97. The zero-order chi connectivity index (χ0) is 13.1. The van der Waals surface area contributed by atoms with Crippen LogP contribution in [0.25, 0.3) is 0 Å². The van der Waals surface area contributed by atoms with Gasteiger partial charge in [-0.05, 0) is 36.0 Å². The van der Waals surface area contributed by atoms with Gasteiger partial charge in [-0.1, -0.05) is 39.0 Å². The minimum atomic E-state index is 0.170. The molecule has 0 aliphatic rings. The van der Waals surface area contributed by atoms with Crippen molar-refractivity contribution in [2.24, 2.45) is 0 Å². The van der Waals surface area contributed by atoms with Crippen molar-refractivity contribution in [2.75, 3.05) is 6.54 Å². The molecule has 0 radical (unpaired) electrons. The van der Waals surface area contributed by atoms with E-state index in [0.29, 0.717) is 6.54 Å². The van der Waals surface area contributed by atoms with E-state index in [2.05, 4.69) is 51.2 Å². The Morgan fingerprint density at radius 1 is 1.29 bits per heavy atom. The maximum absolute atomic E-state index is 10.9. The first-order chi connectivity index (χ1) is 7.80. The van der Waals surface area contributed by atoms with Crippen molar-refractivity contribution in [1.29, 1.82) is 0 Å². The van der Waals surface area contributed by atoms with Crippen molar-refractivity contribution < 1.29 is 4.79 Å². The Bertz CT molecular complexity index is 402. The van der Waals surface area contributed by atoms with Gasteiger partial charge in [0.05, 0.1) is 6.54 Å². The fraction of sp³-hybridized carbons (Fsp3) is 0.533. The van der Waals surface area contributed by atoms with Crippen molar-refractivity contribution in [2.45, 2.75) is 46.6 Å². The predicted molar refractivity (Wildman–Crippen MR) is 72.3 cm³/mol. The summed E-state index contributed by atoms with van der Waals surface area (Å²) in [4.78, 5) is 10.9. The molecule has 1 aromatic carbocycles. The van der Waals surface area contributed by atoms with Gasteiger partial charge in [0.25, 0.3) is 0 Å². The molecule has 2 nitrogen and oxygen atoms in total. The second-order valence-electron chi connectivity index (χ2n) is 5.70. The summed E-state index contributed by atoms with van der Waals surface area (Å²) in [5, 5.41) is 3.17. The molecule has 0 unspecified atom stereocenters. The molecule has 17 heavy (non-hydrogen) atoms. The third kappa shape index (κ3) is 4.31. The Hall–Kier alpha value is -1.15. The highest BCUT2D eigenvalue weighted by atomic mass is 16.1. The van der Waals surface area contributed by atoms with E-state index in [1.54, 1.807) is 6.92 Å². The average Bonchev–Trinajstić information content (AvgIpc) is 2.18. The lowest BCUT2D eigenvalue weighted by molar-refractivity contribution is -0.116. The number of ketones is 1. The van der Waals surface area contributed by atoms with Gasteiger partial charge in [-0.25, -0.2) is 0 Å². The molecule has 1 aromatic rings. The number of carbonyl (C=O) groups is 1. The SMILES string of the molecule is CC(=O)CNCc1cc(C(C)(C)C)ccc1C. The van der Waals surface area contributed by atoms with E-state index in [9.17, 15) is 4.79 Å². The van der Waals surface area contributed by atoms with Gasteiger partial charge in [-0.15, -0.1) is 0 Å². The Labute approximate surface area is 104 Å². The van der Waals surface area contributed by atoms with E-state index in [4.69, 9.17) is 0 Å². The molecule has 0 fully saturated rings. The van der Waals surface area contributed by atoms with Gasteiger partial charge in [0, 0.05) is 6.54 Å². The van der Waals surface area contributed by atoms with Crippen molar-refractivity contribution in [3.63, 3.8) is 0 Å². The summed E-state index contributed by atoms with van der Waals surface area (Å²) >= 11 is 0. The Morgan fingerprint density at radius 2 is 1.94 bits per heavy atom. The van der Waals surface area contributed by atoms with Crippen LogP contribution >= 0.6 is 0 Å². The number of hydrogen-bond acceptors (Lipinski definition) is 2. The first kappa shape index (κ1) is 13.9. The van der Waals surface area contributed by atoms with Crippen LogP contribution in [0.4, 0.5) is 0 Å². The fourth-order valence-corrected chi connectivity index (χ4v) is 1.70. The summed E-state index contributed by atoms with van der Waals surface area (Å²) < 4.78 is 0. The Balaban J connectivity index is 2.80. The third-order valence-electron chi connectivity index (χ3n) is 2.90. The quantitative estimate of drug-likeness (QED) is 0.866. The lowest BCUT2D eigenvalue weighted by Gasteiger charge is -2.21. The normalized spacial score (nSPS) is 11.6. The number of carbonyl (C=O) groups excluding carboxylic acids is 1. The van der Waals surface area contributed by atoms with Gasteiger partial charge in [0.2, 0.25) is 0 Å². The highest BCUT2D eigenvalue weighted by Gasteiger charge is 2.14. The second-order valence-corrected chi connectivity index (χ2v) is 5.70. The van der Waals surface area contributed by atoms with Crippen LogP contribution in [0.5, 0.6) is 0 Å². The molecule has 0 aliphatic carbocycles. The molecule has 0 bridgehead atoms. The first-order valence-corrected chi connectivity index (χ1v) is 6.11. The molecule has 0 spiro atoms. The zero-order valence-electron chi connectivity index (χ0n) is 11.6. The number of rotatable bonds is 4. The van der Waals surface area contributed by atoms with Crippen LogP contribution in [0.15, 0.2) is 18.2 Å². The smallest absolute Gasteiger partial charge is 0.143 e. The Kier molecular flexibility index (Phi) is 4.47. The lowest BCUT2D eigenvalue weighted by atomic mass is 9.85. The summed E-state index contributed by atoms with van der Waals surface area (Å²) in [6.45, 7) is 11.6. The van der Waals surface area contributed by atoms with Crippen LogP contribution in [-0.2, 0) is 16.8 Å². The molecule has 0 aliphatic heterocycles. The molecule has 0 saturated heterocycles. The maximum Gasteiger partial charge on any atom is 0.143 e. The summed E-state index contributed by atoms with van der Waals surface area (Å²) in [6, 6.07) is 6.58. The first-order valence-electron chi connectivity index (χ1n) is 6.11. The topological polar surface area (TPSA) is 29.1 Å². The van der Waals surface area contributed by atoms with Crippen LogP contribution in [0.2, 0.25) is 0 Å². The number of Topliss-reactive ketones (excluding diaryl/α,β-unsaturated/α-hetero) is 1. The van der Waals surface area contributed by atoms with Crippen LogP contribution in [0.3, 0.4) is 0 Å². The highest BCUT2D eigenvalue weighted by Crippen LogP contribution is 2.24. The lowest BCUT2D eigenvalue weighted by Crippen LogP contribution is -2.21. The molecule has 0 atom stereocenters. The van der Waals surface area contributed by atoms with Crippen LogP contribution in [0.1, 0.15) is 44.4 Å². The summed E-state index contributed by atoms with van der Waals surface area (Å²) in [6.07, 6.45) is 0. The molecule has 2 heteroatoms. The third-order valence-corrected chi connectivity index (χ3v) is 2.90. The van der Waals surface area contributed by atoms with Gasteiger partial charge in [-0.2, -0.15) is 0 Å². The van der Waals surface area contributed by atoms with Gasteiger partial charge in [0.15, 0.2) is 0 Å². The van der Waals surface area contributed by atoms with Gasteiger partial charge < -0.3 is 5.32 Å². The summed E-state index contributed by atoms with van der Waals surface area (Å²) in [5.41, 5.74) is 4.05. The minimum Gasteiger partial charge on any atom is -0.306 e. The zero-order valence-corrected chi connectivity index (χ0v) is 11.6. The van der Waals surface area contributed by atoms with E-state index in [1.807, 2.05) is 0 Å². The van der Waals surface area contributed by atoms with Crippen molar-refractivity contribution in [3.8, 4) is 0 Å². The van der Waals surface area contributed by atoms with E-state index in [0.717, 1.165) is 6.54 Å². The number of benzene rings is 1. The average molecular weight is 233 g/mol. The van der Waals surface area contributed by atoms with Gasteiger partial charge in [-0.3, -0.25) is 4.79 Å². The molecule has 94 valence electrons. The highest BCUT2D eigenvalue weighted by molar-refractivity contribution is 5.77. The largest absolute Gasteiger partial charge is 0.306 e. The molecule has 0 amide bonds. The molecular weight excluding hydrogens is 210 g/mol. The molecule has 0 saturated carbocycles. The van der Waals surface area contributed by atoms with Crippen molar-refractivity contribution in [3.05, 3.63) is 34.9 Å². The molecule has 0 aromatic heterocycles. The van der Waals surface area contributed by atoms with Crippen molar-refractivity contribution in [1.82, 2.24) is 5.32 Å². The van der Waals surface area contributed by atoms with Crippen LogP contribution < -0.4 is 5.32 Å². The molecule has 0 heterocycles. The second kappa shape index (κ2) is 5.46.